The van der Waals surface area contributed by atoms with Crippen LogP contribution in [0.25, 0.3) is 0 Å². The summed E-state index contributed by atoms with van der Waals surface area (Å²) in [5, 5.41) is 4.38. The van der Waals surface area contributed by atoms with E-state index in [4.69, 9.17) is 0 Å². The van der Waals surface area contributed by atoms with Crippen LogP contribution in [-0.2, 0) is 13.0 Å². The van der Waals surface area contributed by atoms with Gasteiger partial charge in [0.1, 0.15) is 4.88 Å². The second-order valence-corrected chi connectivity index (χ2v) is 6.99. The summed E-state index contributed by atoms with van der Waals surface area (Å²) in [5.41, 5.74) is 1.06. The summed E-state index contributed by atoms with van der Waals surface area (Å²) in [5.74, 6) is 0.604. The van der Waals surface area contributed by atoms with Gasteiger partial charge in [0.05, 0.1) is 11.2 Å². The van der Waals surface area contributed by atoms with Gasteiger partial charge in [0.15, 0.2) is 0 Å². The monoisotopic (exact) mass is 402 g/mol. The first-order valence-corrected chi connectivity index (χ1v) is 8.91. The summed E-state index contributed by atoms with van der Waals surface area (Å²) in [6.07, 6.45) is 7.30. The van der Waals surface area contributed by atoms with Crippen LogP contribution in [0.1, 0.15) is 33.6 Å². The molecule has 2 aromatic heterocycles. The lowest BCUT2D eigenvalue weighted by Gasteiger charge is -2.25. The van der Waals surface area contributed by atoms with Crippen LogP contribution in [-0.4, -0.2) is 40.4 Å². The number of carbonyl (C=O) groups excluding carboxylic acids is 1. The van der Waals surface area contributed by atoms with E-state index in [2.05, 4.69) is 22.2 Å². The number of amides is 1. The maximum Gasteiger partial charge on any atom is 0.265 e. The third kappa shape index (κ3) is 5.92. The zero-order chi connectivity index (χ0) is 16.1. The van der Waals surface area contributed by atoms with Gasteiger partial charge in [-0.15, -0.1) is 36.2 Å². The van der Waals surface area contributed by atoms with Crippen molar-refractivity contribution >= 4 is 42.1 Å². The van der Waals surface area contributed by atoms with Crippen LogP contribution in [0.4, 0.5) is 0 Å². The minimum absolute atomic E-state index is 0. The Kier molecular flexibility index (Phi) is 9.35. The zero-order valence-electron chi connectivity index (χ0n) is 14.2. The van der Waals surface area contributed by atoms with E-state index < -0.39 is 0 Å². The van der Waals surface area contributed by atoms with Gasteiger partial charge in [-0.1, -0.05) is 13.0 Å². The Bertz CT molecular complexity index is 647. The van der Waals surface area contributed by atoms with Crippen LogP contribution in [0.3, 0.4) is 0 Å². The molecule has 1 fully saturated rings. The highest BCUT2D eigenvalue weighted by atomic mass is 35.5. The zero-order valence-corrected chi connectivity index (χ0v) is 16.6. The number of nitrogens with one attached hydrogen (secondary N) is 1. The molecule has 0 spiro atoms. The Balaban J connectivity index is 0.00000156. The molecule has 138 valence electrons. The molecule has 1 amide bonds. The number of hydrogen-bond donors (Lipinski definition) is 1. The average Bonchev–Trinajstić information content (AvgIpc) is 3.26. The fraction of sp³-hybridized carbons (Fsp3) is 0.471. The van der Waals surface area contributed by atoms with Crippen LogP contribution in [0, 0.1) is 5.92 Å². The lowest BCUT2D eigenvalue weighted by Crippen LogP contribution is -2.35. The van der Waals surface area contributed by atoms with Crippen molar-refractivity contribution in [1.29, 1.82) is 0 Å². The molecule has 1 aliphatic heterocycles. The molecule has 0 aromatic carbocycles. The maximum absolute atomic E-state index is 12.9. The Hall–Kier alpha value is -1.21. The largest absolute Gasteiger partial charge is 0.333 e. The molecule has 0 radical (unpaired) electrons. The lowest BCUT2D eigenvalue weighted by atomic mass is 10.1. The van der Waals surface area contributed by atoms with Crippen LogP contribution in [0.5, 0.6) is 0 Å². The van der Waals surface area contributed by atoms with Crippen molar-refractivity contribution in [3.05, 3.63) is 46.2 Å². The quantitative estimate of drug-likeness (QED) is 0.805. The van der Waals surface area contributed by atoms with E-state index in [1.165, 1.54) is 11.3 Å². The van der Waals surface area contributed by atoms with E-state index in [9.17, 15) is 4.79 Å². The number of halogens is 2. The maximum atomic E-state index is 12.9. The SMILES string of the molecule is CCc1ncc(C(=O)N(Cc2cccnc2)CC2CCNC2)s1.Cl.Cl. The molecule has 0 aliphatic carbocycles. The van der Waals surface area contributed by atoms with E-state index >= 15 is 0 Å². The molecular weight excluding hydrogens is 379 g/mol. The molecule has 2 aromatic rings. The molecule has 0 saturated carbocycles. The summed E-state index contributed by atoms with van der Waals surface area (Å²) in [6, 6.07) is 3.93. The van der Waals surface area contributed by atoms with Gasteiger partial charge in [0, 0.05) is 25.5 Å². The van der Waals surface area contributed by atoms with E-state index in [0.717, 1.165) is 47.9 Å². The number of nitrogens with zero attached hydrogens (tertiary/aromatic N) is 3. The Morgan fingerprint density at radius 1 is 1.40 bits per heavy atom. The predicted octanol–water partition coefficient (Wildman–Crippen LogP) is 3.20. The van der Waals surface area contributed by atoms with E-state index in [-0.39, 0.29) is 30.7 Å². The highest BCUT2D eigenvalue weighted by Gasteiger charge is 2.24. The molecule has 0 bridgehead atoms. The summed E-state index contributed by atoms with van der Waals surface area (Å²) in [4.78, 5) is 24.1. The van der Waals surface area contributed by atoms with Gasteiger partial charge >= 0.3 is 0 Å². The van der Waals surface area contributed by atoms with Gasteiger partial charge in [0.2, 0.25) is 0 Å². The third-order valence-corrected chi connectivity index (χ3v) is 5.22. The molecule has 1 unspecified atom stereocenters. The standard InChI is InChI=1S/C17H22N4OS.2ClH/c1-2-16-20-10-15(23-16)17(22)21(12-14-5-7-19-9-14)11-13-4-3-6-18-8-13;;/h3-4,6,8,10,14,19H,2,5,7,9,11-12H2,1H3;2*1H. The molecule has 5 nitrogen and oxygen atoms in total. The minimum Gasteiger partial charge on any atom is -0.333 e. The molecule has 1 aliphatic rings. The van der Waals surface area contributed by atoms with Crippen molar-refractivity contribution in [2.75, 3.05) is 19.6 Å². The molecule has 1 atom stereocenters. The number of pyridine rings is 1. The predicted molar refractivity (Wildman–Crippen MR) is 106 cm³/mol. The van der Waals surface area contributed by atoms with Crippen molar-refractivity contribution in [3.63, 3.8) is 0 Å². The number of aromatic nitrogens is 2. The minimum atomic E-state index is 0. The molecule has 3 rings (SSSR count). The van der Waals surface area contributed by atoms with Crippen LogP contribution in [0.15, 0.2) is 30.7 Å². The van der Waals surface area contributed by atoms with E-state index in [1.807, 2.05) is 23.2 Å². The van der Waals surface area contributed by atoms with Crippen LogP contribution < -0.4 is 5.32 Å². The highest BCUT2D eigenvalue weighted by molar-refractivity contribution is 7.13. The van der Waals surface area contributed by atoms with Crippen molar-refractivity contribution in [3.8, 4) is 0 Å². The van der Waals surface area contributed by atoms with Gasteiger partial charge in [-0.2, -0.15) is 0 Å². The van der Waals surface area contributed by atoms with Crippen LogP contribution in [0.2, 0.25) is 0 Å². The fourth-order valence-corrected chi connectivity index (χ4v) is 3.67. The number of carbonyl (C=O) groups is 1. The molecule has 1 N–H and O–H groups in total. The van der Waals surface area contributed by atoms with Crippen molar-refractivity contribution in [2.24, 2.45) is 5.92 Å². The first-order valence-electron chi connectivity index (χ1n) is 8.10. The lowest BCUT2D eigenvalue weighted by molar-refractivity contribution is 0.0723. The Morgan fingerprint density at radius 2 is 2.24 bits per heavy atom. The Labute approximate surface area is 165 Å². The first kappa shape index (κ1) is 21.8. The number of hydrogen-bond acceptors (Lipinski definition) is 5. The average molecular weight is 403 g/mol. The second-order valence-electron chi connectivity index (χ2n) is 5.88. The third-order valence-electron chi connectivity index (χ3n) is 4.09. The Morgan fingerprint density at radius 3 is 2.84 bits per heavy atom. The highest BCUT2D eigenvalue weighted by Crippen LogP contribution is 2.19. The van der Waals surface area contributed by atoms with E-state index in [1.54, 1.807) is 12.4 Å². The first-order chi connectivity index (χ1) is 11.3. The van der Waals surface area contributed by atoms with Gasteiger partial charge in [0.25, 0.3) is 5.91 Å². The smallest absolute Gasteiger partial charge is 0.265 e. The van der Waals surface area contributed by atoms with Crippen LogP contribution >= 0.6 is 36.2 Å². The summed E-state index contributed by atoms with van der Waals surface area (Å²) < 4.78 is 0. The fourth-order valence-electron chi connectivity index (χ4n) is 2.84. The topological polar surface area (TPSA) is 58.1 Å². The molecule has 1 saturated heterocycles. The normalized spacial score (nSPS) is 16.0. The van der Waals surface area contributed by atoms with Gasteiger partial charge in [-0.25, -0.2) is 4.98 Å². The number of aryl methyl sites for hydroxylation is 1. The van der Waals surface area contributed by atoms with Gasteiger partial charge in [-0.05, 0) is 43.5 Å². The second kappa shape index (κ2) is 10.7. The summed E-state index contributed by atoms with van der Waals surface area (Å²) in [6.45, 7) is 5.47. The summed E-state index contributed by atoms with van der Waals surface area (Å²) in [7, 11) is 0. The number of rotatable bonds is 6. The number of thiazole rings is 1. The summed E-state index contributed by atoms with van der Waals surface area (Å²) >= 11 is 1.50. The molecular formula is C17H24Cl2N4OS. The van der Waals surface area contributed by atoms with Gasteiger partial charge < -0.3 is 10.2 Å². The van der Waals surface area contributed by atoms with E-state index in [0.29, 0.717) is 12.5 Å². The molecule has 25 heavy (non-hydrogen) atoms. The van der Waals surface area contributed by atoms with Gasteiger partial charge in [-0.3, -0.25) is 9.78 Å². The molecule has 8 heteroatoms. The molecule has 3 heterocycles. The van der Waals surface area contributed by atoms with Crippen molar-refractivity contribution < 1.29 is 4.79 Å². The van der Waals surface area contributed by atoms with Crippen molar-refractivity contribution in [2.45, 2.75) is 26.3 Å². The van der Waals surface area contributed by atoms with Crippen molar-refractivity contribution in [1.82, 2.24) is 20.2 Å².